The number of methoxy groups -OCH3 is 1. The van der Waals surface area contributed by atoms with Crippen molar-refractivity contribution >= 4 is 12.0 Å². The van der Waals surface area contributed by atoms with Crippen molar-refractivity contribution in [1.82, 2.24) is 10.6 Å². The summed E-state index contributed by atoms with van der Waals surface area (Å²) in [5, 5.41) is 5.48. The molecule has 0 bridgehead atoms. The van der Waals surface area contributed by atoms with Crippen LogP contribution in [0.5, 0.6) is 11.5 Å². The molecular formula is C23H32N2O5. The highest BCUT2D eigenvalue weighted by molar-refractivity contribution is 5.85. The molecule has 0 aromatic heterocycles. The largest absolute Gasteiger partial charge is 0.493 e. The fraction of sp³-hybridized carbons (Fsp3) is 0.565. The highest BCUT2D eigenvalue weighted by atomic mass is 16.5. The van der Waals surface area contributed by atoms with Crippen molar-refractivity contribution in [2.75, 3.05) is 13.7 Å². The maximum atomic E-state index is 13.1. The van der Waals surface area contributed by atoms with Gasteiger partial charge in [-0.2, -0.15) is 0 Å². The minimum atomic E-state index is -0.724. The van der Waals surface area contributed by atoms with Crippen LogP contribution in [0, 0.1) is 5.92 Å². The van der Waals surface area contributed by atoms with Gasteiger partial charge in [0.1, 0.15) is 12.0 Å². The van der Waals surface area contributed by atoms with Crippen molar-refractivity contribution in [3.63, 3.8) is 0 Å². The van der Waals surface area contributed by atoms with Crippen LogP contribution in [-0.2, 0) is 9.53 Å². The molecule has 30 heavy (non-hydrogen) atoms. The molecule has 3 rings (SSSR count). The van der Waals surface area contributed by atoms with Crippen molar-refractivity contribution in [3.8, 4) is 11.5 Å². The van der Waals surface area contributed by atoms with Crippen LogP contribution in [0.2, 0.25) is 0 Å². The van der Waals surface area contributed by atoms with Gasteiger partial charge in [0, 0.05) is 5.70 Å². The normalized spacial score (nSPS) is 22.5. The number of amides is 2. The first-order valence-electron chi connectivity index (χ1n) is 10.8. The molecule has 164 valence electrons. The summed E-state index contributed by atoms with van der Waals surface area (Å²) in [4.78, 5) is 25.2. The fourth-order valence-electron chi connectivity index (χ4n) is 4.05. The minimum absolute atomic E-state index is 0.0783. The first-order valence-corrected chi connectivity index (χ1v) is 10.8. The van der Waals surface area contributed by atoms with E-state index in [1.165, 1.54) is 12.8 Å². The third-order valence-electron chi connectivity index (χ3n) is 5.62. The van der Waals surface area contributed by atoms with Crippen LogP contribution in [0.1, 0.15) is 63.5 Å². The van der Waals surface area contributed by atoms with Gasteiger partial charge in [0.25, 0.3) is 0 Å². The Morgan fingerprint density at radius 1 is 1.17 bits per heavy atom. The van der Waals surface area contributed by atoms with Crippen LogP contribution in [-0.4, -0.2) is 31.8 Å². The van der Waals surface area contributed by atoms with E-state index in [2.05, 4.69) is 17.2 Å². The molecule has 2 atom stereocenters. The molecule has 2 aliphatic rings. The average Bonchev–Trinajstić information content (AvgIpc) is 3.00. The highest BCUT2D eigenvalue weighted by Gasteiger charge is 2.40. The molecule has 0 radical (unpaired) electrons. The van der Waals surface area contributed by atoms with Crippen molar-refractivity contribution in [1.29, 1.82) is 0 Å². The lowest BCUT2D eigenvalue weighted by molar-refractivity contribution is -0.154. The second-order valence-electron chi connectivity index (χ2n) is 7.89. The molecule has 0 spiro atoms. The summed E-state index contributed by atoms with van der Waals surface area (Å²) >= 11 is 0. The van der Waals surface area contributed by atoms with Crippen molar-refractivity contribution in [3.05, 3.63) is 36.0 Å². The fourth-order valence-corrected chi connectivity index (χ4v) is 4.05. The predicted octanol–water partition coefficient (Wildman–Crippen LogP) is 4.23. The molecule has 7 heteroatoms. The molecule has 1 aromatic rings. The smallest absolute Gasteiger partial charge is 0.319 e. The molecule has 1 heterocycles. The summed E-state index contributed by atoms with van der Waals surface area (Å²) in [6, 6.07) is 4.44. The summed E-state index contributed by atoms with van der Waals surface area (Å²) in [6.45, 7) is 6.53. The van der Waals surface area contributed by atoms with Gasteiger partial charge >= 0.3 is 12.0 Å². The van der Waals surface area contributed by atoms with Gasteiger partial charge in [0.05, 0.1) is 19.8 Å². The van der Waals surface area contributed by atoms with Crippen molar-refractivity contribution in [2.45, 2.75) is 64.0 Å². The number of hydrogen-bond donors (Lipinski definition) is 2. The lowest BCUT2D eigenvalue weighted by Crippen LogP contribution is -2.51. The third-order valence-corrected chi connectivity index (χ3v) is 5.62. The Hall–Kier alpha value is -2.70. The Morgan fingerprint density at radius 3 is 2.57 bits per heavy atom. The summed E-state index contributed by atoms with van der Waals surface area (Å²) in [5.74, 6) is 0.0859. The first-order chi connectivity index (χ1) is 14.5. The van der Waals surface area contributed by atoms with Gasteiger partial charge in [-0.25, -0.2) is 4.79 Å². The molecule has 1 aliphatic heterocycles. The summed E-state index contributed by atoms with van der Waals surface area (Å²) < 4.78 is 17.0. The van der Waals surface area contributed by atoms with E-state index in [4.69, 9.17) is 14.2 Å². The summed E-state index contributed by atoms with van der Waals surface area (Å²) in [7, 11) is 1.57. The average molecular weight is 417 g/mol. The lowest BCUT2D eigenvalue weighted by atomic mass is 9.88. The number of ether oxygens (including phenoxy) is 3. The van der Waals surface area contributed by atoms with Gasteiger partial charge in [-0.05, 0) is 49.8 Å². The van der Waals surface area contributed by atoms with E-state index in [0.29, 0.717) is 23.8 Å². The molecule has 7 nitrogen and oxygen atoms in total. The van der Waals surface area contributed by atoms with E-state index in [0.717, 1.165) is 37.7 Å². The maximum absolute atomic E-state index is 13.1. The number of hydrogen-bond acceptors (Lipinski definition) is 5. The number of urea groups is 1. The quantitative estimate of drug-likeness (QED) is 0.513. The molecular weight excluding hydrogens is 384 g/mol. The number of carbonyl (C=O) groups excluding carboxylic acids is 2. The zero-order chi connectivity index (χ0) is 21.5. The Kier molecular flexibility index (Phi) is 7.60. The van der Waals surface area contributed by atoms with E-state index in [9.17, 15) is 9.59 Å². The van der Waals surface area contributed by atoms with Crippen LogP contribution in [0.15, 0.2) is 30.5 Å². The van der Waals surface area contributed by atoms with Crippen molar-refractivity contribution < 1.29 is 23.8 Å². The minimum Gasteiger partial charge on any atom is -0.493 e. The molecule has 2 fully saturated rings. The number of carbonyl (C=O) groups is 2. The zero-order valence-corrected chi connectivity index (χ0v) is 17.9. The van der Waals surface area contributed by atoms with Gasteiger partial charge in [-0.3, -0.25) is 4.79 Å². The topological polar surface area (TPSA) is 85.9 Å². The van der Waals surface area contributed by atoms with Crippen LogP contribution in [0.3, 0.4) is 0 Å². The molecule has 1 aliphatic carbocycles. The number of nitrogens with one attached hydrogen (secondary N) is 2. The standard InChI is InChI=1S/C23H32N2O5/c1-4-13-29-18-12-11-16(14-19(18)28-3)21-20(15(2)24-23(27)25-21)22(26)30-17-9-7-5-6-8-10-17/h11-12,14,17,20-21H,2,4-10,13H2,1,3H3,(H2,24,25,27)/t20-,21+/m1/s1. The maximum Gasteiger partial charge on any atom is 0.319 e. The van der Waals surface area contributed by atoms with Gasteiger partial charge in [-0.1, -0.05) is 32.4 Å². The van der Waals surface area contributed by atoms with Gasteiger partial charge in [0.2, 0.25) is 0 Å². The van der Waals surface area contributed by atoms with Gasteiger partial charge in [-0.15, -0.1) is 0 Å². The Balaban J connectivity index is 1.83. The molecule has 1 saturated heterocycles. The molecule has 1 aromatic carbocycles. The van der Waals surface area contributed by atoms with Gasteiger partial charge in [0.15, 0.2) is 11.5 Å². The number of esters is 1. The predicted molar refractivity (Wildman–Crippen MR) is 113 cm³/mol. The van der Waals surface area contributed by atoms with Crippen LogP contribution in [0.4, 0.5) is 4.79 Å². The van der Waals surface area contributed by atoms with E-state index in [-0.39, 0.29) is 12.1 Å². The van der Waals surface area contributed by atoms with Crippen LogP contribution in [0.25, 0.3) is 0 Å². The molecule has 2 amide bonds. The summed E-state index contributed by atoms with van der Waals surface area (Å²) in [5.41, 5.74) is 1.07. The van der Waals surface area contributed by atoms with E-state index >= 15 is 0 Å². The van der Waals surface area contributed by atoms with Gasteiger partial charge < -0.3 is 24.8 Å². The number of rotatable bonds is 7. The Morgan fingerprint density at radius 2 is 1.90 bits per heavy atom. The number of benzene rings is 1. The van der Waals surface area contributed by atoms with E-state index < -0.39 is 18.0 Å². The molecule has 2 N–H and O–H groups in total. The Bertz CT molecular complexity index is 771. The highest BCUT2D eigenvalue weighted by Crippen LogP contribution is 2.36. The van der Waals surface area contributed by atoms with E-state index in [1.54, 1.807) is 19.2 Å². The SMILES string of the molecule is C=C1NC(=O)N[C@@H](c2ccc(OCCC)c(OC)c2)[C@@H]1C(=O)OC1CCCCCC1. The first kappa shape index (κ1) is 22.0. The zero-order valence-electron chi connectivity index (χ0n) is 17.9. The summed E-state index contributed by atoms with van der Waals surface area (Å²) in [6.07, 6.45) is 7.05. The van der Waals surface area contributed by atoms with Crippen LogP contribution < -0.4 is 20.1 Å². The van der Waals surface area contributed by atoms with Crippen molar-refractivity contribution in [2.24, 2.45) is 5.92 Å². The lowest BCUT2D eigenvalue weighted by Gasteiger charge is -2.34. The van der Waals surface area contributed by atoms with Crippen LogP contribution >= 0.6 is 0 Å². The molecule has 0 unspecified atom stereocenters. The van der Waals surface area contributed by atoms with E-state index in [1.807, 2.05) is 13.0 Å². The second-order valence-corrected chi connectivity index (χ2v) is 7.89. The monoisotopic (exact) mass is 416 g/mol. The third kappa shape index (κ3) is 5.26. The molecule has 1 saturated carbocycles. The second kappa shape index (κ2) is 10.4. The Labute approximate surface area is 178 Å².